The Balaban J connectivity index is 2.03. The fraction of sp³-hybridized carbons (Fsp3) is 0.176. The molecule has 0 spiro atoms. The molecule has 0 aliphatic heterocycles. The van der Waals surface area contributed by atoms with E-state index in [1.165, 1.54) is 13.2 Å². The molecule has 0 saturated heterocycles. The number of amides is 2. The van der Waals surface area contributed by atoms with Crippen molar-refractivity contribution in [3.05, 3.63) is 47.5 Å². The monoisotopic (exact) mass is 347 g/mol. The van der Waals surface area contributed by atoms with E-state index < -0.39 is 11.8 Å². The zero-order valence-electron chi connectivity index (χ0n) is 13.6. The van der Waals surface area contributed by atoms with E-state index in [4.69, 9.17) is 16.3 Å². The minimum absolute atomic E-state index is 0.342. The van der Waals surface area contributed by atoms with Crippen molar-refractivity contribution >= 4 is 40.5 Å². The number of halogens is 1. The molecule has 0 saturated carbocycles. The van der Waals surface area contributed by atoms with Crippen LogP contribution < -0.4 is 20.3 Å². The van der Waals surface area contributed by atoms with Crippen molar-refractivity contribution in [1.29, 1.82) is 0 Å². The molecule has 6 nitrogen and oxygen atoms in total. The lowest BCUT2D eigenvalue weighted by molar-refractivity contribution is -0.132. The lowest BCUT2D eigenvalue weighted by Crippen LogP contribution is -2.29. The number of methoxy groups -OCH3 is 1. The zero-order valence-corrected chi connectivity index (χ0v) is 14.3. The molecule has 0 bridgehead atoms. The summed E-state index contributed by atoms with van der Waals surface area (Å²) in [6.07, 6.45) is 0. The third-order valence-electron chi connectivity index (χ3n) is 3.24. The Hall–Kier alpha value is -2.73. The first-order chi connectivity index (χ1) is 11.4. The Kier molecular flexibility index (Phi) is 5.65. The number of rotatable bonds is 4. The van der Waals surface area contributed by atoms with Crippen LogP contribution in [-0.2, 0) is 9.59 Å². The van der Waals surface area contributed by atoms with Crippen molar-refractivity contribution in [3.63, 3.8) is 0 Å². The number of hydrogen-bond donors (Lipinski definition) is 2. The van der Waals surface area contributed by atoms with Crippen molar-refractivity contribution in [2.45, 2.75) is 0 Å². The number of hydrogen-bond acceptors (Lipinski definition) is 4. The topological polar surface area (TPSA) is 70.7 Å². The van der Waals surface area contributed by atoms with Crippen LogP contribution in [0, 0.1) is 0 Å². The van der Waals surface area contributed by atoms with E-state index >= 15 is 0 Å². The fourth-order valence-corrected chi connectivity index (χ4v) is 2.24. The predicted molar refractivity (Wildman–Crippen MR) is 96.0 cm³/mol. The minimum Gasteiger partial charge on any atom is -0.495 e. The second kappa shape index (κ2) is 7.70. The first-order valence-corrected chi connectivity index (χ1v) is 7.52. The number of carbonyl (C=O) groups is 2. The van der Waals surface area contributed by atoms with Gasteiger partial charge in [0, 0.05) is 31.2 Å². The van der Waals surface area contributed by atoms with Gasteiger partial charge in [0.25, 0.3) is 0 Å². The quantitative estimate of drug-likeness (QED) is 0.834. The summed E-state index contributed by atoms with van der Waals surface area (Å²) >= 11 is 5.99. The maximum atomic E-state index is 12.0. The van der Waals surface area contributed by atoms with Crippen LogP contribution >= 0.6 is 11.6 Å². The van der Waals surface area contributed by atoms with Gasteiger partial charge in [0.1, 0.15) is 5.75 Å². The molecule has 2 aromatic rings. The summed E-state index contributed by atoms with van der Waals surface area (Å²) in [5, 5.41) is 5.39. The Morgan fingerprint density at radius 3 is 2.17 bits per heavy atom. The van der Waals surface area contributed by atoms with Gasteiger partial charge in [-0.1, -0.05) is 17.7 Å². The molecule has 0 aromatic heterocycles. The largest absolute Gasteiger partial charge is 0.495 e. The number of anilines is 3. The molecule has 2 rings (SSSR count). The highest BCUT2D eigenvalue weighted by atomic mass is 35.5. The molecule has 2 aromatic carbocycles. The minimum atomic E-state index is -0.786. The molecule has 0 fully saturated rings. The second-order valence-electron chi connectivity index (χ2n) is 5.20. The summed E-state index contributed by atoms with van der Waals surface area (Å²) in [7, 11) is 5.27. The molecule has 2 amide bonds. The Labute approximate surface area is 145 Å². The van der Waals surface area contributed by atoms with E-state index in [9.17, 15) is 9.59 Å². The molecule has 0 heterocycles. The average Bonchev–Trinajstić information content (AvgIpc) is 2.55. The summed E-state index contributed by atoms with van der Waals surface area (Å²) < 4.78 is 5.03. The Morgan fingerprint density at radius 1 is 1.00 bits per heavy atom. The molecule has 0 unspecified atom stereocenters. The van der Waals surface area contributed by atoms with E-state index in [0.29, 0.717) is 22.1 Å². The lowest BCUT2D eigenvalue weighted by Gasteiger charge is -2.14. The Morgan fingerprint density at radius 2 is 1.62 bits per heavy atom. The summed E-state index contributed by atoms with van der Waals surface area (Å²) in [6.45, 7) is 0. The van der Waals surface area contributed by atoms with Crippen LogP contribution in [0.25, 0.3) is 0 Å². The van der Waals surface area contributed by atoms with Gasteiger partial charge in [-0.2, -0.15) is 0 Å². The molecule has 2 N–H and O–H groups in total. The van der Waals surface area contributed by atoms with Crippen LogP contribution in [0.2, 0.25) is 5.02 Å². The first kappa shape index (κ1) is 17.6. The van der Waals surface area contributed by atoms with Crippen LogP contribution in [0.3, 0.4) is 0 Å². The summed E-state index contributed by atoms with van der Waals surface area (Å²) in [5.41, 5.74) is 1.85. The lowest BCUT2D eigenvalue weighted by atomic mass is 10.2. The highest BCUT2D eigenvalue weighted by Gasteiger charge is 2.15. The molecule has 0 aliphatic carbocycles. The van der Waals surface area contributed by atoms with E-state index in [1.807, 2.05) is 25.1 Å². The van der Waals surface area contributed by atoms with E-state index in [2.05, 4.69) is 10.6 Å². The van der Waals surface area contributed by atoms with Gasteiger partial charge in [0.2, 0.25) is 0 Å². The van der Waals surface area contributed by atoms with Crippen LogP contribution in [0.15, 0.2) is 42.5 Å². The van der Waals surface area contributed by atoms with Gasteiger partial charge < -0.3 is 20.3 Å². The highest BCUT2D eigenvalue weighted by molar-refractivity contribution is 6.43. The number of nitrogens with one attached hydrogen (secondary N) is 2. The number of ether oxygens (including phenoxy) is 1. The second-order valence-corrected chi connectivity index (χ2v) is 5.61. The smallest absolute Gasteiger partial charge is 0.314 e. The standard InChI is InChI=1S/C17H18ClN3O3/c1-21(2)13-6-4-5-11(9-13)19-16(22)17(23)20-12-7-8-15(24-3)14(18)10-12/h4-10H,1-3H3,(H,19,22)(H,20,23). The average molecular weight is 348 g/mol. The summed E-state index contributed by atoms with van der Waals surface area (Å²) in [4.78, 5) is 25.9. The van der Waals surface area contributed by atoms with Gasteiger partial charge in [-0.25, -0.2) is 0 Å². The van der Waals surface area contributed by atoms with Crippen molar-refractivity contribution in [1.82, 2.24) is 0 Å². The number of benzene rings is 2. The van der Waals surface area contributed by atoms with E-state index in [0.717, 1.165) is 5.69 Å². The first-order valence-electron chi connectivity index (χ1n) is 7.14. The molecular formula is C17H18ClN3O3. The van der Waals surface area contributed by atoms with Crippen molar-refractivity contribution in [2.24, 2.45) is 0 Å². The van der Waals surface area contributed by atoms with Crippen LogP contribution in [-0.4, -0.2) is 33.0 Å². The van der Waals surface area contributed by atoms with Gasteiger partial charge in [0.15, 0.2) is 0 Å². The van der Waals surface area contributed by atoms with Crippen LogP contribution in [0.1, 0.15) is 0 Å². The number of nitrogens with zero attached hydrogens (tertiary/aromatic N) is 1. The van der Waals surface area contributed by atoms with Gasteiger partial charge in [-0.15, -0.1) is 0 Å². The van der Waals surface area contributed by atoms with Crippen LogP contribution in [0.4, 0.5) is 17.1 Å². The molecular weight excluding hydrogens is 330 g/mol. The summed E-state index contributed by atoms with van der Waals surface area (Å²) in [5.74, 6) is -1.07. The molecule has 7 heteroatoms. The number of carbonyl (C=O) groups excluding carboxylic acids is 2. The van der Waals surface area contributed by atoms with E-state index in [-0.39, 0.29) is 0 Å². The zero-order chi connectivity index (χ0) is 17.7. The SMILES string of the molecule is COc1ccc(NC(=O)C(=O)Nc2cccc(N(C)C)c2)cc1Cl. The summed E-state index contributed by atoms with van der Waals surface area (Å²) in [6, 6.07) is 11.9. The maximum absolute atomic E-state index is 12.0. The normalized spacial score (nSPS) is 10.0. The molecule has 126 valence electrons. The fourth-order valence-electron chi connectivity index (χ4n) is 1.98. The van der Waals surface area contributed by atoms with Crippen molar-refractivity contribution < 1.29 is 14.3 Å². The maximum Gasteiger partial charge on any atom is 0.314 e. The molecule has 0 aliphatic rings. The van der Waals surface area contributed by atoms with Crippen molar-refractivity contribution in [3.8, 4) is 5.75 Å². The van der Waals surface area contributed by atoms with Gasteiger partial charge in [-0.3, -0.25) is 9.59 Å². The molecule has 0 radical (unpaired) electrons. The van der Waals surface area contributed by atoms with Gasteiger partial charge >= 0.3 is 11.8 Å². The highest BCUT2D eigenvalue weighted by Crippen LogP contribution is 2.27. The third kappa shape index (κ3) is 4.39. The third-order valence-corrected chi connectivity index (χ3v) is 3.53. The van der Waals surface area contributed by atoms with Crippen molar-refractivity contribution in [2.75, 3.05) is 36.7 Å². The Bertz CT molecular complexity index is 762. The molecule has 0 atom stereocenters. The van der Waals surface area contributed by atoms with Gasteiger partial charge in [0.05, 0.1) is 12.1 Å². The van der Waals surface area contributed by atoms with E-state index in [1.54, 1.807) is 30.3 Å². The van der Waals surface area contributed by atoms with Crippen LogP contribution in [0.5, 0.6) is 5.75 Å². The van der Waals surface area contributed by atoms with Gasteiger partial charge in [-0.05, 0) is 36.4 Å². The predicted octanol–water partition coefficient (Wildman–Crippen LogP) is 2.99. The molecule has 24 heavy (non-hydrogen) atoms.